The number of carbonyl (C=O) groups is 1. The van der Waals surface area contributed by atoms with Gasteiger partial charge in [0.2, 0.25) is 5.91 Å². The Hall–Kier alpha value is -0.970. The number of nitrogens with zero attached hydrogens (tertiary/aromatic N) is 3. The Morgan fingerprint density at radius 1 is 1.47 bits per heavy atom. The highest BCUT2D eigenvalue weighted by Crippen LogP contribution is 2.19. The molecule has 2 heterocycles. The van der Waals surface area contributed by atoms with E-state index >= 15 is 0 Å². The van der Waals surface area contributed by atoms with Gasteiger partial charge in [0.25, 0.3) is 10.2 Å². The van der Waals surface area contributed by atoms with Crippen molar-refractivity contribution in [2.45, 2.75) is 12.8 Å². The SMILES string of the molecule is NS(=O)(=O)N1CCC(C(=O)Nn2cc(Br)cn2)CC1. The molecule has 10 heteroatoms. The first-order valence-electron chi connectivity index (χ1n) is 5.65. The molecule has 0 aliphatic carbocycles. The minimum Gasteiger partial charge on any atom is -0.273 e. The summed E-state index contributed by atoms with van der Waals surface area (Å²) in [6, 6.07) is 0. The van der Waals surface area contributed by atoms with Crippen LogP contribution in [-0.4, -0.2) is 41.6 Å². The number of piperidine rings is 1. The molecule has 0 bridgehead atoms. The van der Waals surface area contributed by atoms with Crippen LogP contribution in [0.15, 0.2) is 16.9 Å². The van der Waals surface area contributed by atoms with Crippen LogP contribution in [0, 0.1) is 5.92 Å². The average molecular weight is 352 g/mol. The molecule has 1 aromatic rings. The molecule has 106 valence electrons. The molecule has 1 aliphatic rings. The number of halogens is 1. The fraction of sp³-hybridized carbons (Fsp3) is 0.556. The second-order valence-electron chi connectivity index (χ2n) is 4.30. The van der Waals surface area contributed by atoms with E-state index in [0.29, 0.717) is 12.8 Å². The quantitative estimate of drug-likeness (QED) is 0.773. The molecular formula is C9H14BrN5O3S. The van der Waals surface area contributed by atoms with Crippen LogP contribution in [0.2, 0.25) is 0 Å². The summed E-state index contributed by atoms with van der Waals surface area (Å²) in [5.41, 5.74) is 2.62. The third-order valence-electron chi connectivity index (χ3n) is 2.96. The summed E-state index contributed by atoms with van der Waals surface area (Å²) in [6.07, 6.45) is 4.08. The Balaban J connectivity index is 1.89. The summed E-state index contributed by atoms with van der Waals surface area (Å²) in [4.78, 5) is 13.3. The first kappa shape index (κ1) is 14.4. The smallest absolute Gasteiger partial charge is 0.273 e. The zero-order chi connectivity index (χ0) is 14.0. The highest BCUT2D eigenvalue weighted by atomic mass is 79.9. The van der Waals surface area contributed by atoms with Gasteiger partial charge >= 0.3 is 0 Å². The number of aromatic nitrogens is 2. The lowest BCUT2D eigenvalue weighted by Crippen LogP contribution is -2.45. The number of hydrogen-bond acceptors (Lipinski definition) is 4. The van der Waals surface area contributed by atoms with Crippen molar-refractivity contribution >= 4 is 32.0 Å². The molecule has 1 saturated heterocycles. The zero-order valence-electron chi connectivity index (χ0n) is 9.99. The molecule has 0 unspecified atom stereocenters. The van der Waals surface area contributed by atoms with Crippen molar-refractivity contribution in [2.24, 2.45) is 11.1 Å². The van der Waals surface area contributed by atoms with Crippen LogP contribution in [0.4, 0.5) is 0 Å². The summed E-state index contributed by atoms with van der Waals surface area (Å²) in [6.45, 7) is 0.527. The van der Waals surface area contributed by atoms with E-state index < -0.39 is 10.2 Å². The van der Waals surface area contributed by atoms with E-state index in [1.165, 1.54) is 9.10 Å². The molecule has 0 aromatic carbocycles. The minimum absolute atomic E-state index is 0.176. The van der Waals surface area contributed by atoms with Crippen LogP contribution in [0.3, 0.4) is 0 Å². The van der Waals surface area contributed by atoms with Crippen LogP contribution in [-0.2, 0) is 15.0 Å². The van der Waals surface area contributed by atoms with Crippen molar-refractivity contribution in [3.05, 3.63) is 16.9 Å². The lowest BCUT2D eigenvalue weighted by Gasteiger charge is -2.28. The van der Waals surface area contributed by atoms with Crippen LogP contribution in [0.1, 0.15) is 12.8 Å². The Morgan fingerprint density at radius 2 is 2.11 bits per heavy atom. The summed E-state index contributed by atoms with van der Waals surface area (Å²) >= 11 is 3.23. The number of hydrogen-bond donors (Lipinski definition) is 2. The van der Waals surface area contributed by atoms with Crippen molar-refractivity contribution in [1.82, 2.24) is 14.2 Å². The lowest BCUT2D eigenvalue weighted by molar-refractivity contribution is -0.122. The van der Waals surface area contributed by atoms with Gasteiger partial charge in [-0.3, -0.25) is 4.79 Å². The van der Waals surface area contributed by atoms with Gasteiger partial charge in [-0.15, -0.1) is 0 Å². The fourth-order valence-electron chi connectivity index (χ4n) is 1.94. The Morgan fingerprint density at radius 3 is 2.58 bits per heavy atom. The maximum atomic E-state index is 11.9. The number of amides is 1. The van der Waals surface area contributed by atoms with Crippen LogP contribution >= 0.6 is 15.9 Å². The first-order chi connectivity index (χ1) is 8.86. The molecule has 8 nitrogen and oxygen atoms in total. The molecule has 0 saturated carbocycles. The minimum atomic E-state index is -3.65. The van der Waals surface area contributed by atoms with Gasteiger partial charge < -0.3 is 0 Å². The van der Waals surface area contributed by atoms with Crippen molar-refractivity contribution in [1.29, 1.82) is 0 Å². The maximum absolute atomic E-state index is 11.9. The Bertz CT molecular complexity index is 564. The molecule has 1 fully saturated rings. The van der Waals surface area contributed by atoms with Crippen molar-refractivity contribution in [2.75, 3.05) is 18.5 Å². The first-order valence-corrected chi connectivity index (χ1v) is 7.95. The average Bonchev–Trinajstić information content (AvgIpc) is 2.74. The number of carbonyl (C=O) groups excluding carboxylic acids is 1. The predicted octanol–water partition coefficient (Wildman–Crippen LogP) is -0.369. The summed E-state index contributed by atoms with van der Waals surface area (Å²) < 4.78 is 24.2. The van der Waals surface area contributed by atoms with Gasteiger partial charge in [-0.2, -0.15) is 22.6 Å². The second-order valence-corrected chi connectivity index (χ2v) is 6.76. The normalized spacial score (nSPS) is 18.4. The highest BCUT2D eigenvalue weighted by Gasteiger charge is 2.29. The molecule has 0 atom stereocenters. The van der Waals surface area contributed by atoms with E-state index in [4.69, 9.17) is 5.14 Å². The molecule has 1 amide bonds. The molecule has 2 rings (SSSR count). The molecular weight excluding hydrogens is 338 g/mol. The molecule has 1 aromatic heterocycles. The lowest BCUT2D eigenvalue weighted by atomic mass is 9.98. The summed E-state index contributed by atoms with van der Waals surface area (Å²) in [7, 11) is -3.65. The van der Waals surface area contributed by atoms with Crippen LogP contribution in [0.25, 0.3) is 0 Å². The van der Waals surface area contributed by atoms with Gasteiger partial charge in [0.1, 0.15) is 0 Å². The predicted molar refractivity (Wildman–Crippen MR) is 71.7 cm³/mol. The van der Waals surface area contributed by atoms with Crippen LogP contribution in [0.5, 0.6) is 0 Å². The highest BCUT2D eigenvalue weighted by molar-refractivity contribution is 9.10. The molecule has 0 spiro atoms. The van der Waals surface area contributed by atoms with E-state index in [1.807, 2.05) is 0 Å². The fourth-order valence-corrected chi connectivity index (χ4v) is 2.94. The van der Waals surface area contributed by atoms with Gasteiger partial charge in [0, 0.05) is 19.0 Å². The standard InChI is InChI=1S/C9H14BrN5O3S/c10-8-5-12-15(6-8)13-9(16)7-1-3-14(4-2-7)19(11,17)18/h5-7H,1-4H2,(H,13,16)(H2,11,17,18). The zero-order valence-corrected chi connectivity index (χ0v) is 12.4. The largest absolute Gasteiger partial charge is 0.276 e. The van der Waals surface area contributed by atoms with Gasteiger partial charge in [0.05, 0.1) is 16.9 Å². The van der Waals surface area contributed by atoms with Crippen molar-refractivity contribution in [3.8, 4) is 0 Å². The molecule has 1 aliphatic heterocycles. The van der Waals surface area contributed by atoms with Crippen molar-refractivity contribution < 1.29 is 13.2 Å². The van der Waals surface area contributed by atoms with Crippen LogP contribution < -0.4 is 10.6 Å². The molecule has 19 heavy (non-hydrogen) atoms. The van der Waals surface area contributed by atoms with Crippen molar-refractivity contribution in [3.63, 3.8) is 0 Å². The van der Waals surface area contributed by atoms with Gasteiger partial charge in [-0.25, -0.2) is 10.6 Å². The Kier molecular flexibility index (Phi) is 4.23. The number of nitrogens with one attached hydrogen (secondary N) is 1. The summed E-state index contributed by atoms with van der Waals surface area (Å²) in [5.74, 6) is -0.411. The number of nitrogens with two attached hydrogens (primary N) is 1. The van der Waals surface area contributed by atoms with E-state index in [0.717, 1.165) is 4.47 Å². The van der Waals surface area contributed by atoms with E-state index in [2.05, 4.69) is 26.5 Å². The summed E-state index contributed by atoms with van der Waals surface area (Å²) in [5, 5.41) is 8.95. The van der Waals surface area contributed by atoms with Gasteiger partial charge in [-0.1, -0.05) is 0 Å². The topological polar surface area (TPSA) is 110 Å². The molecule has 3 N–H and O–H groups in total. The van der Waals surface area contributed by atoms with Gasteiger partial charge in [0.15, 0.2) is 0 Å². The third kappa shape index (κ3) is 3.75. The Labute approximate surface area is 119 Å². The van der Waals surface area contributed by atoms with E-state index in [-0.39, 0.29) is 24.9 Å². The monoisotopic (exact) mass is 351 g/mol. The third-order valence-corrected chi connectivity index (χ3v) is 4.45. The van der Waals surface area contributed by atoms with Gasteiger partial charge in [-0.05, 0) is 28.8 Å². The maximum Gasteiger partial charge on any atom is 0.276 e. The molecule has 0 radical (unpaired) electrons. The van der Waals surface area contributed by atoms with E-state index in [1.54, 1.807) is 12.4 Å². The van der Waals surface area contributed by atoms with E-state index in [9.17, 15) is 13.2 Å². The second kappa shape index (κ2) is 5.57. The number of rotatable bonds is 3.